The summed E-state index contributed by atoms with van der Waals surface area (Å²) in [5.74, 6) is 0.486. The number of benzene rings is 2. The predicted octanol–water partition coefficient (Wildman–Crippen LogP) is -1.63. The quantitative estimate of drug-likeness (QED) is 0.183. The molecule has 3 aliphatic heterocycles. The van der Waals surface area contributed by atoms with Gasteiger partial charge in [-0.2, -0.15) is 0 Å². The Morgan fingerprint density at radius 2 is 1.58 bits per heavy atom. The van der Waals surface area contributed by atoms with Crippen molar-refractivity contribution in [3.8, 4) is 22.6 Å². The van der Waals surface area contributed by atoms with Crippen molar-refractivity contribution in [1.82, 2.24) is 4.90 Å². The van der Waals surface area contributed by atoms with Crippen LogP contribution in [0.15, 0.2) is 30.3 Å². The van der Waals surface area contributed by atoms with E-state index in [-0.39, 0.29) is 17.7 Å². The summed E-state index contributed by atoms with van der Waals surface area (Å²) in [6.45, 7) is 0.656. The van der Waals surface area contributed by atoms with E-state index in [2.05, 4.69) is 0 Å². The molecule has 14 nitrogen and oxygen atoms in total. The Hall–Kier alpha value is -2.89. The molecule has 1 aliphatic carbocycles. The van der Waals surface area contributed by atoms with Crippen LogP contribution in [0.2, 0.25) is 0 Å². The lowest BCUT2D eigenvalue weighted by Gasteiger charge is -2.46. The molecule has 2 aromatic carbocycles. The number of methoxy groups -OCH3 is 1. The number of hydrogen-bond acceptors (Lipinski definition) is 13. The molecule has 0 spiro atoms. The molecule has 2 saturated heterocycles. The molecular formula is C31H39NO13. The number of amides is 1. The number of carbonyl (C=O) groups excluding carboxylic acids is 1. The van der Waals surface area contributed by atoms with Gasteiger partial charge in [0, 0.05) is 19.0 Å². The maximum Gasteiger partial charge on any atom is 0.229 e. The Morgan fingerprint density at radius 3 is 2.24 bits per heavy atom. The van der Waals surface area contributed by atoms with Gasteiger partial charge in [-0.1, -0.05) is 24.3 Å². The molecule has 14 heteroatoms. The monoisotopic (exact) mass is 633 g/mol. The number of carbonyl (C=O) groups is 1. The van der Waals surface area contributed by atoms with E-state index < -0.39 is 74.6 Å². The lowest BCUT2D eigenvalue weighted by Crippen LogP contribution is -2.65. The van der Waals surface area contributed by atoms with Crippen molar-refractivity contribution in [3.05, 3.63) is 47.0 Å². The highest BCUT2D eigenvalue weighted by molar-refractivity contribution is 5.85. The van der Waals surface area contributed by atoms with E-state index in [0.29, 0.717) is 25.1 Å². The fraction of sp³-hybridized carbons (Fsp3) is 0.581. The highest BCUT2D eigenvalue weighted by atomic mass is 16.8. The van der Waals surface area contributed by atoms with Crippen molar-refractivity contribution in [2.24, 2.45) is 0 Å². The van der Waals surface area contributed by atoms with Gasteiger partial charge in [0.2, 0.25) is 12.2 Å². The number of ether oxygens (including phenoxy) is 5. The molecule has 7 N–H and O–H groups in total. The van der Waals surface area contributed by atoms with Gasteiger partial charge in [0.15, 0.2) is 23.9 Å². The zero-order valence-electron chi connectivity index (χ0n) is 24.8. The second kappa shape index (κ2) is 12.7. The van der Waals surface area contributed by atoms with Crippen LogP contribution in [0, 0.1) is 0 Å². The molecule has 4 aliphatic rings. The number of nitrogens with zero attached hydrogens (tertiary/aromatic N) is 1. The zero-order chi connectivity index (χ0) is 32.2. The van der Waals surface area contributed by atoms with Crippen LogP contribution < -0.4 is 9.47 Å². The van der Waals surface area contributed by atoms with Crippen LogP contribution in [-0.4, -0.2) is 135 Å². The molecule has 3 heterocycles. The van der Waals surface area contributed by atoms with E-state index >= 15 is 0 Å². The molecule has 1 amide bonds. The third-order valence-corrected chi connectivity index (χ3v) is 9.22. The molecule has 2 fully saturated rings. The first-order valence-corrected chi connectivity index (χ1v) is 14.9. The highest BCUT2D eigenvalue weighted by Gasteiger charge is 2.52. The third kappa shape index (κ3) is 5.48. The Bertz CT molecular complexity index is 1400. The maximum absolute atomic E-state index is 12.6. The smallest absolute Gasteiger partial charge is 0.229 e. The molecule has 246 valence electrons. The standard InChI is InChI=1S/C31H39NO13/c1-13(35)32-8-7-15-10-18(28(41-2)22-16-6-4-3-5-14(16)9-17(32)21(15)22)42-31-29(26(39)24(37)20(12-34)44-31)45-30-27(40)25(38)23(36)19(11-33)43-30/h3-6,10,17,19-20,23-27,29-31,33-34,36-40H,7-9,11-12H2,1-2H3. The molecular weight excluding hydrogens is 594 g/mol. The number of hydrogen-bond donors (Lipinski definition) is 7. The molecule has 11 unspecified atom stereocenters. The summed E-state index contributed by atoms with van der Waals surface area (Å²) >= 11 is 0. The van der Waals surface area contributed by atoms with Gasteiger partial charge in [0.05, 0.1) is 26.4 Å². The van der Waals surface area contributed by atoms with Crippen LogP contribution in [0.4, 0.5) is 0 Å². The summed E-state index contributed by atoms with van der Waals surface area (Å²) in [5.41, 5.74) is 4.52. The minimum atomic E-state index is -1.80. The van der Waals surface area contributed by atoms with Crippen molar-refractivity contribution in [2.45, 2.75) is 87.2 Å². The van der Waals surface area contributed by atoms with Gasteiger partial charge in [0.25, 0.3) is 0 Å². The second-order valence-electron chi connectivity index (χ2n) is 11.8. The fourth-order valence-electron chi connectivity index (χ4n) is 6.90. The van der Waals surface area contributed by atoms with E-state index in [4.69, 9.17) is 23.7 Å². The molecule has 45 heavy (non-hydrogen) atoms. The van der Waals surface area contributed by atoms with E-state index in [0.717, 1.165) is 27.8 Å². The molecule has 6 rings (SSSR count). The van der Waals surface area contributed by atoms with Gasteiger partial charge in [0.1, 0.15) is 42.7 Å². The van der Waals surface area contributed by atoms with Crippen molar-refractivity contribution >= 4 is 5.91 Å². The van der Waals surface area contributed by atoms with Crippen LogP contribution in [0.3, 0.4) is 0 Å². The van der Waals surface area contributed by atoms with Crippen LogP contribution in [0.1, 0.15) is 29.7 Å². The van der Waals surface area contributed by atoms with Gasteiger partial charge in [-0.15, -0.1) is 0 Å². The summed E-state index contributed by atoms with van der Waals surface area (Å²) in [5, 5.41) is 72.3. The van der Waals surface area contributed by atoms with E-state index in [1.165, 1.54) is 7.11 Å². The first-order valence-electron chi connectivity index (χ1n) is 14.9. The SMILES string of the molecule is COc1c(OC2OC(CO)C(O)C(O)C2OC2OC(CO)C(O)C(O)C2O)cc2c3c1-c1ccccc1CC3N(C(C)=O)CC2. The first-order chi connectivity index (χ1) is 21.6. The molecule has 11 atom stereocenters. The predicted molar refractivity (Wildman–Crippen MR) is 153 cm³/mol. The summed E-state index contributed by atoms with van der Waals surface area (Å²) < 4.78 is 29.5. The summed E-state index contributed by atoms with van der Waals surface area (Å²) in [6, 6.07) is 9.35. The minimum absolute atomic E-state index is 0.0401. The molecule has 2 aromatic rings. The maximum atomic E-state index is 12.6. The Kier molecular flexibility index (Phi) is 9.06. The van der Waals surface area contributed by atoms with Gasteiger partial charge in [-0.25, -0.2) is 0 Å². The number of aliphatic hydroxyl groups excluding tert-OH is 7. The van der Waals surface area contributed by atoms with Crippen LogP contribution in [0.5, 0.6) is 11.5 Å². The molecule has 0 saturated carbocycles. The number of aliphatic hydroxyl groups is 7. The van der Waals surface area contributed by atoms with Crippen LogP contribution in [-0.2, 0) is 31.8 Å². The van der Waals surface area contributed by atoms with Gasteiger partial charge in [-0.05, 0) is 41.2 Å². The van der Waals surface area contributed by atoms with Crippen LogP contribution >= 0.6 is 0 Å². The zero-order valence-corrected chi connectivity index (χ0v) is 24.8. The Morgan fingerprint density at radius 1 is 0.911 bits per heavy atom. The third-order valence-electron chi connectivity index (χ3n) is 9.22. The normalized spacial score (nSPS) is 35.8. The van der Waals surface area contributed by atoms with E-state index in [1.54, 1.807) is 13.0 Å². The van der Waals surface area contributed by atoms with Crippen molar-refractivity contribution in [3.63, 3.8) is 0 Å². The number of fused-ring (bicyclic) bond motifs is 2. The average molecular weight is 634 g/mol. The number of rotatable bonds is 7. The first kappa shape index (κ1) is 32.1. The van der Waals surface area contributed by atoms with E-state index in [1.807, 2.05) is 29.2 Å². The average Bonchev–Trinajstić information content (AvgIpc) is 3.04. The summed E-state index contributed by atoms with van der Waals surface area (Å²) in [7, 11) is 1.47. The summed E-state index contributed by atoms with van der Waals surface area (Å²) in [4.78, 5) is 14.5. The highest BCUT2D eigenvalue weighted by Crippen LogP contribution is 2.53. The largest absolute Gasteiger partial charge is 0.492 e. The van der Waals surface area contributed by atoms with Crippen molar-refractivity contribution in [2.75, 3.05) is 26.9 Å². The minimum Gasteiger partial charge on any atom is -0.492 e. The Balaban J connectivity index is 1.40. The van der Waals surface area contributed by atoms with Crippen molar-refractivity contribution < 1.29 is 64.2 Å². The molecule has 0 bridgehead atoms. The van der Waals surface area contributed by atoms with Gasteiger partial charge < -0.3 is 64.3 Å². The lowest BCUT2D eigenvalue weighted by atomic mass is 9.76. The lowest BCUT2D eigenvalue weighted by molar-refractivity contribution is -0.357. The molecule has 0 radical (unpaired) electrons. The summed E-state index contributed by atoms with van der Waals surface area (Å²) in [6.07, 6.45) is -14.7. The van der Waals surface area contributed by atoms with Gasteiger partial charge in [-0.3, -0.25) is 4.79 Å². The van der Waals surface area contributed by atoms with Crippen molar-refractivity contribution in [1.29, 1.82) is 0 Å². The fourth-order valence-corrected chi connectivity index (χ4v) is 6.90. The Labute approximate surface area is 258 Å². The van der Waals surface area contributed by atoms with Gasteiger partial charge >= 0.3 is 0 Å². The van der Waals surface area contributed by atoms with Crippen LogP contribution in [0.25, 0.3) is 11.1 Å². The van der Waals surface area contributed by atoms with E-state index in [9.17, 15) is 40.5 Å². The topological polar surface area (TPSA) is 208 Å². The molecule has 0 aromatic heterocycles. The second-order valence-corrected chi connectivity index (χ2v) is 11.8.